The van der Waals surface area contributed by atoms with Gasteiger partial charge < -0.3 is 9.64 Å². The number of para-hydroxylation sites is 2. The molecule has 0 saturated heterocycles. The fourth-order valence-corrected chi connectivity index (χ4v) is 10.6. The number of anilines is 3. The van der Waals surface area contributed by atoms with Gasteiger partial charge in [-0.1, -0.05) is 178 Å². The van der Waals surface area contributed by atoms with Crippen molar-refractivity contribution in [1.82, 2.24) is 0 Å². The maximum Gasteiger partial charge on any atom is 0.132 e. The summed E-state index contributed by atoms with van der Waals surface area (Å²) in [6.07, 6.45) is 0. The van der Waals surface area contributed by atoms with Crippen LogP contribution >= 0.6 is 0 Å². The molecule has 1 heterocycles. The fourth-order valence-electron chi connectivity index (χ4n) is 10.6. The molecule has 0 radical (unpaired) electrons. The Bertz CT molecular complexity index is 3160. The van der Waals surface area contributed by atoms with Crippen molar-refractivity contribution in [2.24, 2.45) is 0 Å². The molecule has 0 saturated carbocycles. The van der Waals surface area contributed by atoms with Gasteiger partial charge in [-0.3, -0.25) is 0 Å². The standard InChI is InChI=1S/C58H41NO/c1-57(2)48-24-12-9-22-44(48)46-32-30-41(36-51(46)57)59(54-27-15-11-21-43(54)39-19-7-4-8-20-39)42-31-33-47-45-23-10-13-25-49(45)58(52(47)37-42)50-26-14-16-28-55(50)60-56-34-29-40(35-53(56)58)38-17-5-3-6-18-38/h3-37H,1-2H3. The Kier molecular flexibility index (Phi) is 7.52. The Morgan fingerprint density at radius 3 is 1.58 bits per heavy atom. The van der Waals surface area contributed by atoms with Crippen molar-refractivity contribution in [2.75, 3.05) is 4.90 Å². The molecule has 2 aliphatic carbocycles. The van der Waals surface area contributed by atoms with Gasteiger partial charge in [-0.15, -0.1) is 0 Å². The zero-order valence-electron chi connectivity index (χ0n) is 33.6. The normalized spacial score (nSPS) is 15.8. The zero-order valence-corrected chi connectivity index (χ0v) is 33.6. The minimum absolute atomic E-state index is 0.151. The van der Waals surface area contributed by atoms with E-state index in [2.05, 4.69) is 231 Å². The SMILES string of the molecule is CC1(C)c2ccccc2-c2ccc(N(c3ccc4c(c3)C3(c5ccccc5Oc5ccc(-c6ccccc6)cc53)c3ccccc3-4)c3ccccc3-c3ccccc3)cc21. The third-order valence-electron chi connectivity index (χ3n) is 13.3. The van der Waals surface area contributed by atoms with E-state index >= 15 is 0 Å². The van der Waals surface area contributed by atoms with Crippen LogP contribution < -0.4 is 9.64 Å². The molecular formula is C58H41NO. The lowest BCUT2D eigenvalue weighted by Gasteiger charge is -2.40. The van der Waals surface area contributed by atoms with Crippen LogP contribution in [0.25, 0.3) is 44.5 Å². The van der Waals surface area contributed by atoms with E-state index < -0.39 is 5.41 Å². The number of ether oxygens (including phenoxy) is 1. The van der Waals surface area contributed by atoms with Gasteiger partial charge >= 0.3 is 0 Å². The Labute approximate surface area is 351 Å². The van der Waals surface area contributed by atoms with E-state index in [4.69, 9.17) is 4.74 Å². The molecule has 9 aromatic rings. The largest absolute Gasteiger partial charge is 0.457 e. The first kappa shape index (κ1) is 34.6. The molecule has 1 aliphatic heterocycles. The fraction of sp³-hybridized carbons (Fsp3) is 0.0690. The van der Waals surface area contributed by atoms with Crippen LogP contribution in [0.15, 0.2) is 212 Å². The first-order valence-corrected chi connectivity index (χ1v) is 20.9. The van der Waals surface area contributed by atoms with Gasteiger partial charge in [-0.25, -0.2) is 0 Å². The molecule has 1 atom stereocenters. The lowest BCUT2D eigenvalue weighted by molar-refractivity contribution is 0.436. The highest BCUT2D eigenvalue weighted by Gasteiger charge is 2.51. The second-order valence-corrected chi connectivity index (χ2v) is 16.8. The molecule has 0 fully saturated rings. The first-order valence-electron chi connectivity index (χ1n) is 20.9. The highest BCUT2D eigenvalue weighted by atomic mass is 16.5. The van der Waals surface area contributed by atoms with E-state index in [9.17, 15) is 0 Å². The summed E-state index contributed by atoms with van der Waals surface area (Å²) in [6, 6.07) is 77.9. The molecule has 3 aliphatic rings. The maximum atomic E-state index is 6.84. The molecular weight excluding hydrogens is 727 g/mol. The number of rotatable bonds is 5. The lowest BCUT2D eigenvalue weighted by Crippen LogP contribution is -2.32. The van der Waals surface area contributed by atoms with Gasteiger partial charge in [-0.05, 0) is 110 Å². The van der Waals surface area contributed by atoms with Crippen LogP contribution in [-0.4, -0.2) is 0 Å². The van der Waals surface area contributed by atoms with Crippen molar-refractivity contribution in [2.45, 2.75) is 24.7 Å². The third-order valence-corrected chi connectivity index (χ3v) is 13.3. The first-order chi connectivity index (χ1) is 29.5. The van der Waals surface area contributed by atoms with Crippen LogP contribution in [0.3, 0.4) is 0 Å². The summed E-state index contributed by atoms with van der Waals surface area (Å²) in [4.78, 5) is 2.49. The summed E-state index contributed by atoms with van der Waals surface area (Å²) >= 11 is 0. The zero-order chi connectivity index (χ0) is 40.0. The summed E-state index contributed by atoms with van der Waals surface area (Å²) < 4.78 is 6.84. The van der Waals surface area contributed by atoms with Crippen LogP contribution in [0.4, 0.5) is 17.1 Å². The molecule has 12 rings (SSSR count). The van der Waals surface area contributed by atoms with E-state index in [1.54, 1.807) is 0 Å². The van der Waals surface area contributed by atoms with Gasteiger partial charge in [0, 0.05) is 33.5 Å². The van der Waals surface area contributed by atoms with Crippen LogP contribution in [0.1, 0.15) is 47.2 Å². The summed E-state index contributed by atoms with van der Waals surface area (Å²) in [5, 5.41) is 0. The quantitative estimate of drug-likeness (QED) is 0.173. The number of hydrogen-bond donors (Lipinski definition) is 0. The Balaban J connectivity index is 1.14. The molecule has 284 valence electrons. The topological polar surface area (TPSA) is 12.5 Å². The molecule has 0 aromatic heterocycles. The van der Waals surface area contributed by atoms with Gasteiger partial charge in [0.2, 0.25) is 0 Å². The van der Waals surface area contributed by atoms with Crippen molar-refractivity contribution in [3.8, 4) is 56.0 Å². The molecule has 1 spiro atoms. The second-order valence-electron chi connectivity index (χ2n) is 16.8. The number of fused-ring (bicyclic) bond motifs is 12. The average Bonchev–Trinajstić information content (AvgIpc) is 3.72. The summed E-state index contributed by atoms with van der Waals surface area (Å²) in [6.45, 7) is 4.73. The maximum absolute atomic E-state index is 6.84. The Morgan fingerprint density at radius 2 is 0.850 bits per heavy atom. The van der Waals surface area contributed by atoms with Gasteiger partial charge in [0.25, 0.3) is 0 Å². The van der Waals surface area contributed by atoms with Crippen LogP contribution in [0.2, 0.25) is 0 Å². The van der Waals surface area contributed by atoms with Crippen molar-refractivity contribution in [3.63, 3.8) is 0 Å². The highest BCUT2D eigenvalue weighted by Crippen LogP contribution is 2.63. The average molecular weight is 768 g/mol. The van der Waals surface area contributed by atoms with E-state index in [0.717, 1.165) is 39.7 Å². The molecule has 60 heavy (non-hydrogen) atoms. The van der Waals surface area contributed by atoms with E-state index in [0.29, 0.717) is 0 Å². The Morgan fingerprint density at radius 1 is 0.333 bits per heavy atom. The Hall–Kier alpha value is -7.42. The van der Waals surface area contributed by atoms with Crippen molar-refractivity contribution in [1.29, 1.82) is 0 Å². The predicted octanol–water partition coefficient (Wildman–Crippen LogP) is 15.3. The second kappa shape index (κ2) is 13.0. The van der Waals surface area contributed by atoms with Crippen LogP contribution in [0.5, 0.6) is 11.5 Å². The van der Waals surface area contributed by atoms with Gasteiger partial charge in [0.15, 0.2) is 0 Å². The molecule has 0 N–H and O–H groups in total. The third kappa shape index (κ3) is 4.88. The van der Waals surface area contributed by atoms with Gasteiger partial charge in [-0.2, -0.15) is 0 Å². The van der Waals surface area contributed by atoms with Gasteiger partial charge in [0.1, 0.15) is 11.5 Å². The summed E-state index contributed by atoms with van der Waals surface area (Å²) in [7, 11) is 0. The molecule has 2 heteroatoms. The van der Waals surface area contributed by atoms with E-state index in [1.165, 1.54) is 66.8 Å². The van der Waals surface area contributed by atoms with Crippen LogP contribution in [0, 0.1) is 0 Å². The monoisotopic (exact) mass is 767 g/mol. The summed E-state index contributed by atoms with van der Waals surface area (Å²) in [5.74, 6) is 1.77. The lowest BCUT2D eigenvalue weighted by atomic mass is 9.65. The van der Waals surface area contributed by atoms with E-state index in [1.807, 2.05) is 0 Å². The molecule has 0 bridgehead atoms. The molecule has 1 unspecified atom stereocenters. The summed E-state index contributed by atoms with van der Waals surface area (Å²) in [5.41, 5.74) is 19.9. The number of hydrogen-bond acceptors (Lipinski definition) is 2. The highest BCUT2D eigenvalue weighted by molar-refractivity contribution is 5.94. The number of nitrogens with zero attached hydrogens (tertiary/aromatic N) is 1. The predicted molar refractivity (Wildman–Crippen MR) is 247 cm³/mol. The van der Waals surface area contributed by atoms with Gasteiger partial charge in [0.05, 0.1) is 11.1 Å². The minimum Gasteiger partial charge on any atom is -0.457 e. The molecule has 0 amide bonds. The van der Waals surface area contributed by atoms with Crippen molar-refractivity contribution in [3.05, 3.63) is 246 Å². The smallest absolute Gasteiger partial charge is 0.132 e. The number of benzene rings is 9. The van der Waals surface area contributed by atoms with Crippen molar-refractivity contribution >= 4 is 17.1 Å². The van der Waals surface area contributed by atoms with Crippen molar-refractivity contribution < 1.29 is 4.74 Å². The van der Waals surface area contributed by atoms with E-state index in [-0.39, 0.29) is 5.41 Å². The van der Waals surface area contributed by atoms with Crippen LogP contribution in [-0.2, 0) is 10.8 Å². The molecule has 2 nitrogen and oxygen atoms in total. The minimum atomic E-state index is -0.636. The molecule has 9 aromatic carbocycles.